The van der Waals surface area contributed by atoms with Gasteiger partial charge in [-0.05, 0) is 43.7 Å². The van der Waals surface area contributed by atoms with E-state index in [-0.39, 0.29) is 18.1 Å². The summed E-state index contributed by atoms with van der Waals surface area (Å²) in [6.45, 7) is 12.7. The molecule has 4 nitrogen and oxygen atoms in total. The molecule has 1 aromatic rings. The van der Waals surface area contributed by atoms with Gasteiger partial charge in [-0.1, -0.05) is 36.4 Å². The Kier molecular flexibility index (Phi) is 3.80. The zero-order valence-electron chi connectivity index (χ0n) is 15.4. The van der Waals surface area contributed by atoms with Crippen molar-refractivity contribution in [3.63, 3.8) is 0 Å². The normalized spacial score (nSPS) is 30.4. The second kappa shape index (κ2) is 5.81. The van der Waals surface area contributed by atoms with E-state index in [1.165, 1.54) is 12.8 Å². The van der Waals surface area contributed by atoms with Crippen molar-refractivity contribution in [2.24, 2.45) is 11.3 Å². The molecule has 2 atom stereocenters. The van der Waals surface area contributed by atoms with Gasteiger partial charge in [-0.15, -0.1) is 0 Å². The predicted octanol–water partition coefficient (Wildman–Crippen LogP) is 3.39. The van der Waals surface area contributed by atoms with Crippen LogP contribution in [0, 0.1) is 17.9 Å². The molecule has 4 heteroatoms. The van der Waals surface area contributed by atoms with Crippen molar-refractivity contribution in [3.05, 3.63) is 59.0 Å². The Bertz CT molecular complexity index is 829. The Labute approximate surface area is 154 Å². The summed E-state index contributed by atoms with van der Waals surface area (Å²) in [4.78, 5) is 32.2. The number of Topliss-reactive ketones (excluding diaryl/α,β-unsaturated/α-hetero) is 1. The van der Waals surface area contributed by atoms with E-state index in [4.69, 9.17) is 6.57 Å². The summed E-state index contributed by atoms with van der Waals surface area (Å²) in [7, 11) is 0. The quantitative estimate of drug-likeness (QED) is 0.621. The Hall–Kier alpha value is -2.41. The molecule has 4 rings (SSSR count). The van der Waals surface area contributed by atoms with Crippen LogP contribution in [0.1, 0.15) is 38.7 Å². The van der Waals surface area contributed by atoms with Gasteiger partial charge in [0.05, 0.1) is 11.8 Å². The van der Waals surface area contributed by atoms with E-state index in [1.807, 2.05) is 49.1 Å². The highest BCUT2D eigenvalue weighted by Crippen LogP contribution is 2.54. The minimum absolute atomic E-state index is 0.0613. The first-order valence-electron chi connectivity index (χ1n) is 9.38. The molecule has 1 amide bonds. The van der Waals surface area contributed by atoms with Gasteiger partial charge < -0.3 is 9.74 Å². The van der Waals surface area contributed by atoms with Gasteiger partial charge >= 0.3 is 0 Å². The number of amides is 1. The predicted molar refractivity (Wildman–Crippen MR) is 99.3 cm³/mol. The molecule has 26 heavy (non-hydrogen) atoms. The Morgan fingerprint density at radius 3 is 2.50 bits per heavy atom. The van der Waals surface area contributed by atoms with Crippen LogP contribution in [0.25, 0.3) is 4.85 Å². The van der Waals surface area contributed by atoms with Crippen molar-refractivity contribution in [2.45, 2.75) is 44.6 Å². The third kappa shape index (κ3) is 2.34. The minimum Gasteiger partial charge on any atom is -0.338 e. The van der Waals surface area contributed by atoms with E-state index >= 15 is 0 Å². The first kappa shape index (κ1) is 17.0. The first-order chi connectivity index (χ1) is 12.4. The molecule has 0 radical (unpaired) electrons. The van der Waals surface area contributed by atoms with E-state index in [1.54, 1.807) is 0 Å². The Morgan fingerprint density at radius 1 is 1.19 bits per heavy atom. The van der Waals surface area contributed by atoms with Crippen LogP contribution >= 0.6 is 0 Å². The smallest absolute Gasteiger partial charge is 0.283 e. The fourth-order valence-electron chi connectivity index (χ4n) is 4.75. The number of carbonyl (C=O) groups excluding carboxylic acids is 2. The van der Waals surface area contributed by atoms with Crippen molar-refractivity contribution < 1.29 is 9.59 Å². The van der Waals surface area contributed by atoms with E-state index < -0.39 is 16.9 Å². The molecule has 2 fully saturated rings. The highest BCUT2D eigenvalue weighted by molar-refractivity contribution is 6.03. The van der Waals surface area contributed by atoms with Crippen LogP contribution in [0.4, 0.5) is 0 Å². The van der Waals surface area contributed by atoms with Gasteiger partial charge in [0.2, 0.25) is 11.7 Å². The molecular formula is C22H24N2O2. The summed E-state index contributed by atoms with van der Waals surface area (Å²) < 4.78 is 0. The molecule has 134 valence electrons. The van der Waals surface area contributed by atoms with Gasteiger partial charge in [0.25, 0.3) is 6.04 Å². The van der Waals surface area contributed by atoms with Crippen molar-refractivity contribution in [1.82, 2.24) is 4.90 Å². The van der Waals surface area contributed by atoms with Crippen LogP contribution in [0.15, 0.2) is 42.0 Å². The summed E-state index contributed by atoms with van der Waals surface area (Å²) in [5, 5.41) is 0. The lowest BCUT2D eigenvalue weighted by Gasteiger charge is -2.50. The summed E-state index contributed by atoms with van der Waals surface area (Å²) in [5.74, 6) is 0.618. The van der Waals surface area contributed by atoms with Gasteiger partial charge in [-0.25, -0.2) is 6.57 Å². The van der Waals surface area contributed by atoms with Gasteiger partial charge in [0.15, 0.2) is 0 Å². The van der Waals surface area contributed by atoms with E-state index in [0.29, 0.717) is 12.5 Å². The van der Waals surface area contributed by atoms with E-state index in [0.717, 1.165) is 17.7 Å². The molecule has 1 aliphatic heterocycles. The monoisotopic (exact) mass is 348 g/mol. The highest BCUT2D eigenvalue weighted by atomic mass is 16.2. The maximum absolute atomic E-state index is 13.8. The topological polar surface area (TPSA) is 41.7 Å². The number of ketones is 1. The van der Waals surface area contributed by atoms with Crippen molar-refractivity contribution >= 4 is 11.7 Å². The molecular weight excluding hydrogens is 324 g/mol. The number of rotatable bonds is 3. The van der Waals surface area contributed by atoms with E-state index in [2.05, 4.69) is 10.9 Å². The van der Waals surface area contributed by atoms with E-state index in [9.17, 15) is 9.59 Å². The number of hydrogen-bond donors (Lipinski definition) is 0. The van der Waals surface area contributed by atoms with Crippen LogP contribution < -0.4 is 0 Å². The summed E-state index contributed by atoms with van der Waals surface area (Å²) >= 11 is 0. The summed E-state index contributed by atoms with van der Waals surface area (Å²) in [6, 6.07) is 8.98. The maximum atomic E-state index is 13.8. The van der Waals surface area contributed by atoms with Crippen LogP contribution in [-0.2, 0) is 15.0 Å². The molecule has 0 bridgehead atoms. The summed E-state index contributed by atoms with van der Waals surface area (Å²) in [5.41, 5.74) is 0.107. The molecule has 0 N–H and O–H groups in total. The number of hydrogen-bond acceptors (Lipinski definition) is 2. The molecule has 2 saturated carbocycles. The Morgan fingerprint density at radius 2 is 1.88 bits per heavy atom. The number of carbonyl (C=O) groups is 2. The average molecular weight is 348 g/mol. The fraction of sp³-hybridized carbons (Fsp3) is 0.500. The molecule has 0 saturated heterocycles. The third-order valence-corrected chi connectivity index (χ3v) is 6.32. The number of fused-ring (bicyclic) bond motifs is 1. The van der Waals surface area contributed by atoms with Crippen molar-refractivity contribution in [2.75, 3.05) is 13.1 Å². The number of nitrogens with zero attached hydrogens (tertiary/aromatic N) is 2. The second-order valence-electron chi connectivity index (χ2n) is 8.38. The standard InChI is InChI=1S/C22H24N2O2/c1-21(2)18-11-12-24(14-15-9-10-15)20(26)22(18,13-17(23-3)19(21)25)16-7-5-4-6-8-16/h4-8,11,15,17H,9-10,12-14H2,1-2H3/t17?,22-/m1/s1. The van der Waals surface area contributed by atoms with Crippen LogP contribution in [-0.4, -0.2) is 35.7 Å². The average Bonchev–Trinajstić information content (AvgIpc) is 3.46. The van der Waals surface area contributed by atoms with Gasteiger partial charge in [0.1, 0.15) is 5.41 Å². The molecule has 2 aliphatic carbocycles. The van der Waals surface area contributed by atoms with Gasteiger partial charge in [0, 0.05) is 13.1 Å². The lowest BCUT2D eigenvalue weighted by atomic mass is 9.53. The Balaban J connectivity index is 1.90. The first-order valence-corrected chi connectivity index (χ1v) is 9.38. The molecule has 3 aliphatic rings. The zero-order valence-corrected chi connectivity index (χ0v) is 15.4. The molecule has 0 spiro atoms. The maximum Gasteiger partial charge on any atom is 0.283 e. The molecule has 1 heterocycles. The van der Waals surface area contributed by atoms with Gasteiger partial charge in [-0.3, -0.25) is 9.59 Å². The summed E-state index contributed by atoms with van der Waals surface area (Å²) in [6.07, 6.45) is 4.73. The molecule has 0 aromatic heterocycles. The minimum atomic E-state index is -0.888. The molecule has 1 unspecified atom stereocenters. The fourth-order valence-corrected chi connectivity index (χ4v) is 4.75. The van der Waals surface area contributed by atoms with Crippen LogP contribution in [0.3, 0.4) is 0 Å². The largest absolute Gasteiger partial charge is 0.338 e. The van der Waals surface area contributed by atoms with Crippen molar-refractivity contribution in [3.8, 4) is 0 Å². The molecule has 1 aromatic carbocycles. The lowest BCUT2D eigenvalue weighted by Crippen LogP contribution is -2.61. The van der Waals surface area contributed by atoms with Crippen molar-refractivity contribution in [1.29, 1.82) is 0 Å². The van der Waals surface area contributed by atoms with Crippen LogP contribution in [0.2, 0.25) is 0 Å². The zero-order chi connectivity index (χ0) is 18.5. The third-order valence-electron chi connectivity index (χ3n) is 6.32. The lowest BCUT2D eigenvalue weighted by molar-refractivity contribution is -0.141. The SMILES string of the molecule is [C-]#[N+]C1C[C@]2(c3ccccc3)C(=O)N(CC3CC3)CC=C2C(C)(C)C1=O. The second-order valence-corrected chi connectivity index (χ2v) is 8.38. The van der Waals surface area contributed by atoms with Gasteiger partial charge in [-0.2, -0.15) is 0 Å². The number of benzene rings is 1. The highest BCUT2D eigenvalue weighted by Gasteiger charge is 2.62. The van der Waals surface area contributed by atoms with Crippen LogP contribution in [0.5, 0.6) is 0 Å².